The van der Waals surface area contributed by atoms with E-state index in [1.807, 2.05) is 20.8 Å². The van der Waals surface area contributed by atoms with Gasteiger partial charge in [0.05, 0.1) is 0 Å². The van der Waals surface area contributed by atoms with Crippen molar-refractivity contribution in [2.24, 2.45) is 0 Å². The molecule has 1 unspecified atom stereocenters. The van der Waals surface area contributed by atoms with Gasteiger partial charge in [-0.1, -0.05) is 15.9 Å². The van der Waals surface area contributed by atoms with Crippen molar-refractivity contribution in [3.8, 4) is 0 Å². The molecule has 0 saturated carbocycles. The third-order valence-corrected chi connectivity index (χ3v) is 9.27. The summed E-state index contributed by atoms with van der Waals surface area (Å²) in [4.78, 5) is 26.5. The van der Waals surface area contributed by atoms with Gasteiger partial charge in [0, 0.05) is 30.3 Å². The lowest BCUT2D eigenvalue weighted by Crippen LogP contribution is -2.69. The summed E-state index contributed by atoms with van der Waals surface area (Å²) in [6, 6.07) is -0.448. The number of β-lactam (4-membered cyclic amide) rings is 1. The topological polar surface area (TPSA) is 55.8 Å². The van der Waals surface area contributed by atoms with E-state index in [0.29, 0.717) is 0 Å². The summed E-state index contributed by atoms with van der Waals surface area (Å²) in [5, 5.41) is -0.0768. The molecular formula is C11H17BrNO4PS2. The SMILES string of the molecule is COP(OC)SC(=O)[C@@H]1N2C(=O)C(C)(Br)[C@H]2SC1(C)C. The van der Waals surface area contributed by atoms with Crippen LogP contribution < -0.4 is 0 Å². The van der Waals surface area contributed by atoms with E-state index in [1.165, 1.54) is 14.2 Å². The standard InChI is InChI=1S/C11H17BrNO4PS2/c1-10(2)6(7(14)20-18(16-4)17-5)13-8(15)11(3,12)9(13)19-10/h6,9H,1-5H3/t6-,9+,11?/m0/s1. The van der Waals surface area contributed by atoms with Crippen LogP contribution in [0.3, 0.4) is 0 Å². The lowest BCUT2D eigenvalue weighted by molar-refractivity contribution is -0.150. The number of carbonyl (C=O) groups is 2. The fourth-order valence-electron chi connectivity index (χ4n) is 2.44. The molecule has 2 rings (SSSR count). The van der Waals surface area contributed by atoms with E-state index in [4.69, 9.17) is 9.05 Å². The molecule has 3 atom stereocenters. The van der Waals surface area contributed by atoms with Crippen LogP contribution in [0.25, 0.3) is 0 Å². The Bertz CT molecular complexity index is 444. The summed E-state index contributed by atoms with van der Waals surface area (Å²) in [7, 11) is 1.73. The lowest BCUT2D eigenvalue weighted by atomic mass is 9.93. The maximum atomic E-state index is 12.5. The van der Waals surface area contributed by atoms with E-state index >= 15 is 0 Å². The summed E-state index contributed by atoms with van der Waals surface area (Å²) in [5.74, 6) is -0.0290. The molecule has 5 nitrogen and oxygen atoms in total. The van der Waals surface area contributed by atoms with Gasteiger partial charge in [0.2, 0.25) is 18.6 Å². The average Bonchev–Trinajstić information content (AvgIpc) is 2.65. The first-order valence-electron chi connectivity index (χ1n) is 5.96. The zero-order chi connectivity index (χ0) is 15.3. The van der Waals surface area contributed by atoms with Crippen molar-refractivity contribution in [1.82, 2.24) is 4.90 Å². The summed E-state index contributed by atoms with van der Waals surface area (Å²) in [6.45, 7) is 5.85. The Morgan fingerprint density at radius 1 is 1.40 bits per heavy atom. The molecule has 0 aromatic carbocycles. The second-order valence-electron chi connectivity index (χ2n) is 5.26. The van der Waals surface area contributed by atoms with Crippen LogP contribution in [0.5, 0.6) is 0 Å². The highest BCUT2D eigenvalue weighted by molar-refractivity contribution is 9.10. The predicted molar refractivity (Wildman–Crippen MR) is 87.0 cm³/mol. The Hall–Kier alpha value is 0.670. The van der Waals surface area contributed by atoms with E-state index in [2.05, 4.69) is 15.9 Å². The molecule has 1 amide bonds. The fourth-order valence-corrected chi connectivity index (χ4v) is 6.94. The molecule has 2 fully saturated rings. The number of thioether (sulfide) groups is 1. The van der Waals surface area contributed by atoms with Crippen molar-refractivity contribution < 1.29 is 18.6 Å². The Labute approximate surface area is 136 Å². The highest BCUT2D eigenvalue weighted by atomic mass is 79.9. The van der Waals surface area contributed by atoms with Crippen LogP contribution in [0.2, 0.25) is 0 Å². The maximum absolute atomic E-state index is 12.5. The largest absolute Gasteiger partial charge is 0.329 e. The monoisotopic (exact) mass is 401 g/mol. The molecule has 114 valence electrons. The molecule has 2 heterocycles. The Morgan fingerprint density at radius 2 is 1.95 bits per heavy atom. The van der Waals surface area contributed by atoms with Crippen molar-refractivity contribution in [3.05, 3.63) is 0 Å². The zero-order valence-corrected chi connectivity index (χ0v) is 16.0. The lowest BCUT2D eigenvalue weighted by Gasteiger charge is -2.48. The molecule has 9 heteroatoms. The molecule has 0 N–H and O–H groups in total. The van der Waals surface area contributed by atoms with Gasteiger partial charge >= 0.3 is 0 Å². The molecule has 0 bridgehead atoms. The number of hydrogen-bond donors (Lipinski definition) is 0. The van der Waals surface area contributed by atoms with Gasteiger partial charge in [0.15, 0.2) is 0 Å². The van der Waals surface area contributed by atoms with Crippen molar-refractivity contribution in [1.29, 1.82) is 0 Å². The molecule has 2 saturated heterocycles. The van der Waals surface area contributed by atoms with Gasteiger partial charge in [-0.2, -0.15) is 0 Å². The van der Waals surface area contributed by atoms with Crippen LogP contribution in [-0.4, -0.2) is 50.6 Å². The van der Waals surface area contributed by atoms with Crippen molar-refractivity contribution >= 4 is 57.7 Å². The molecule has 0 aliphatic carbocycles. The number of nitrogens with zero attached hydrogens (tertiary/aromatic N) is 1. The summed E-state index contributed by atoms with van der Waals surface area (Å²) in [5.41, 5.74) is 0. The van der Waals surface area contributed by atoms with Gasteiger partial charge in [0.25, 0.3) is 0 Å². The number of hydrogen-bond acceptors (Lipinski definition) is 6. The minimum absolute atomic E-state index is 0.00383. The average molecular weight is 402 g/mol. The highest BCUT2D eigenvalue weighted by Gasteiger charge is 2.68. The summed E-state index contributed by atoms with van der Waals surface area (Å²) in [6.07, 6.45) is 0. The third-order valence-electron chi connectivity index (χ3n) is 3.41. The van der Waals surface area contributed by atoms with Crippen LogP contribution in [0.1, 0.15) is 20.8 Å². The van der Waals surface area contributed by atoms with Crippen molar-refractivity contribution in [2.75, 3.05) is 14.2 Å². The van der Waals surface area contributed by atoms with Crippen LogP contribution in [-0.2, 0) is 18.6 Å². The molecular weight excluding hydrogens is 385 g/mol. The van der Waals surface area contributed by atoms with Crippen LogP contribution in [0.4, 0.5) is 0 Å². The van der Waals surface area contributed by atoms with E-state index in [0.717, 1.165) is 11.4 Å². The van der Waals surface area contributed by atoms with Crippen LogP contribution in [0, 0.1) is 0 Å². The van der Waals surface area contributed by atoms with Gasteiger partial charge < -0.3 is 13.9 Å². The van der Waals surface area contributed by atoms with Crippen LogP contribution >= 0.6 is 46.7 Å². The van der Waals surface area contributed by atoms with Crippen molar-refractivity contribution in [3.63, 3.8) is 0 Å². The third kappa shape index (κ3) is 2.57. The second kappa shape index (κ2) is 5.70. The number of fused-ring (bicyclic) bond motifs is 1. The van der Waals surface area contributed by atoms with Gasteiger partial charge in [-0.15, -0.1) is 11.8 Å². The molecule has 0 spiro atoms. The maximum Gasteiger partial charge on any atom is 0.245 e. The second-order valence-corrected chi connectivity index (χ2v) is 11.8. The quantitative estimate of drug-likeness (QED) is 0.410. The van der Waals surface area contributed by atoms with E-state index < -0.39 is 17.9 Å². The summed E-state index contributed by atoms with van der Waals surface area (Å²) < 4.78 is 9.33. The molecule has 20 heavy (non-hydrogen) atoms. The number of rotatable bonds is 4. The van der Waals surface area contributed by atoms with Gasteiger partial charge in [-0.25, -0.2) is 0 Å². The molecule has 2 aliphatic heterocycles. The van der Waals surface area contributed by atoms with Crippen LogP contribution in [0.15, 0.2) is 0 Å². The first-order chi connectivity index (χ1) is 9.16. The Balaban J connectivity index is 2.18. The number of amides is 1. The molecule has 0 radical (unpaired) electrons. The van der Waals surface area contributed by atoms with E-state index in [9.17, 15) is 9.59 Å². The first-order valence-corrected chi connectivity index (χ1v) is 10.2. The zero-order valence-electron chi connectivity index (χ0n) is 11.9. The molecule has 0 aromatic rings. The number of halogens is 1. The molecule has 2 aliphatic rings. The first kappa shape index (κ1) is 17.0. The van der Waals surface area contributed by atoms with Crippen molar-refractivity contribution in [2.45, 2.75) is 41.3 Å². The number of carbonyl (C=O) groups excluding carboxylic acids is 2. The normalized spacial score (nSPS) is 35.1. The van der Waals surface area contributed by atoms with E-state index in [-0.39, 0.29) is 21.1 Å². The Morgan fingerprint density at radius 3 is 2.45 bits per heavy atom. The van der Waals surface area contributed by atoms with E-state index in [1.54, 1.807) is 16.7 Å². The fraction of sp³-hybridized carbons (Fsp3) is 0.818. The minimum atomic E-state index is -1.29. The van der Waals surface area contributed by atoms with Gasteiger partial charge in [-0.05, 0) is 20.8 Å². The minimum Gasteiger partial charge on any atom is -0.329 e. The Kier molecular flexibility index (Phi) is 4.86. The van der Waals surface area contributed by atoms with Gasteiger partial charge in [-0.3, -0.25) is 9.59 Å². The highest BCUT2D eigenvalue weighted by Crippen LogP contribution is 2.60. The smallest absolute Gasteiger partial charge is 0.245 e. The molecule has 0 aromatic heterocycles. The number of alkyl halides is 1. The summed E-state index contributed by atoms with van der Waals surface area (Å²) >= 11 is 6.17. The predicted octanol–water partition coefficient (Wildman–Crippen LogP) is 2.98. The van der Waals surface area contributed by atoms with Gasteiger partial charge in [0.1, 0.15) is 15.7 Å².